The van der Waals surface area contributed by atoms with Crippen molar-refractivity contribution in [3.63, 3.8) is 0 Å². The summed E-state index contributed by atoms with van der Waals surface area (Å²) < 4.78 is 5.15. The molecule has 0 aliphatic heterocycles. The summed E-state index contributed by atoms with van der Waals surface area (Å²) in [4.78, 5) is 16.4. The minimum absolute atomic E-state index is 0.111. The van der Waals surface area contributed by atoms with Crippen molar-refractivity contribution in [2.45, 2.75) is 33.1 Å². The Labute approximate surface area is 131 Å². The number of pyridine rings is 1. The molecule has 1 aromatic carbocycles. The molecule has 1 aliphatic rings. The zero-order valence-corrected chi connectivity index (χ0v) is 13.1. The van der Waals surface area contributed by atoms with Crippen molar-refractivity contribution in [2.75, 3.05) is 6.61 Å². The number of ether oxygens (including phenoxy) is 1. The lowest BCUT2D eigenvalue weighted by atomic mass is 10.0. The van der Waals surface area contributed by atoms with Crippen molar-refractivity contribution in [3.8, 4) is 0 Å². The summed E-state index contributed by atoms with van der Waals surface area (Å²) in [5.74, 6) is -0.111. The molecular weight excluding hydrogens is 274 g/mol. The van der Waals surface area contributed by atoms with Gasteiger partial charge in [-0.05, 0) is 49.3 Å². The Balaban J connectivity index is 1.84. The van der Waals surface area contributed by atoms with E-state index in [2.05, 4.69) is 36.2 Å². The van der Waals surface area contributed by atoms with Gasteiger partial charge in [-0.2, -0.15) is 0 Å². The third-order valence-electron chi connectivity index (χ3n) is 4.26. The summed E-state index contributed by atoms with van der Waals surface area (Å²) in [5, 5.41) is 2.33. The van der Waals surface area contributed by atoms with Crippen LogP contribution in [-0.2, 0) is 16.0 Å². The van der Waals surface area contributed by atoms with Gasteiger partial charge >= 0.3 is 5.97 Å². The van der Waals surface area contributed by atoms with Crippen molar-refractivity contribution in [1.29, 1.82) is 0 Å². The SMILES string of the molecule is CCOC(=O)C1(/C=C/c2cc3cc(CC)ccc3cn2)CC1. The van der Waals surface area contributed by atoms with Crippen LogP contribution >= 0.6 is 0 Å². The van der Waals surface area contributed by atoms with Crippen LogP contribution in [0.5, 0.6) is 0 Å². The molecule has 3 rings (SSSR count). The van der Waals surface area contributed by atoms with E-state index in [-0.39, 0.29) is 5.97 Å². The number of hydrogen-bond acceptors (Lipinski definition) is 3. The molecule has 3 nitrogen and oxygen atoms in total. The van der Waals surface area contributed by atoms with Crippen LogP contribution in [-0.4, -0.2) is 17.6 Å². The molecular formula is C19H21NO2. The quantitative estimate of drug-likeness (QED) is 0.778. The average molecular weight is 295 g/mol. The number of esters is 1. The second-order valence-corrected chi connectivity index (χ2v) is 5.85. The predicted molar refractivity (Wildman–Crippen MR) is 88.5 cm³/mol. The van der Waals surface area contributed by atoms with Crippen molar-refractivity contribution in [3.05, 3.63) is 47.8 Å². The van der Waals surface area contributed by atoms with Crippen molar-refractivity contribution >= 4 is 22.8 Å². The van der Waals surface area contributed by atoms with Crippen molar-refractivity contribution in [2.24, 2.45) is 5.41 Å². The maximum atomic E-state index is 12.0. The van der Waals surface area contributed by atoms with E-state index < -0.39 is 5.41 Å². The monoisotopic (exact) mass is 295 g/mol. The highest BCUT2D eigenvalue weighted by atomic mass is 16.5. The van der Waals surface area contributed by atoms with Gasteiger partial charge in [0.2, 0.25) is 0 Å². The zero-order valence-electron chi connectivity index (χ0n) is 13.1. The molecule has 3 heteroatoms. The van der Waals surface area contributed by atoms with Crippen LogP contribution in [0.15, 0.2) is 36.5 Å². The van der Waals surface area contributed by atoms with E-state index in [0.29, 0.717) is 6.61 Å². The van der Waals surface area contributed by atoms with Crippen LogP contribution in [0.4, 0.5) is 0 Å². The molecule has 0 N–H and O–H groups in total. The molecule has 2 aromatic rings. The van der Waals surface area contributed by atoms with Crippen LogP contribution in [0.2, 0.25) is 0 Å². The van der Waals surface area contributed by atoms with Gasteiger partial charge in [0.25, 0.3) is 0 Å². The molecule has 22 heavy (non-hydrogen) atoms. The van der Waals surface area contributed by atoms with E-state index in [1.54, 1.807) is 0 Å². The molecule has 0 radical (unpaired) electrons. The van der Waals surface area contributed by atoms with Crippen LogP contribution < -0.4 is 0 Å². The lowest BCUT2D eigenvalue weighted by molar-refractivity contribution is -0.147. The fraction of sp³-hybridized carbons (Fsp3) is 0.368. The zero-order chi connectivity index (χ0) is 15.6. The van der Waals surface area contributed by atoms with Gasteiger partial charge in [0.05, 0.1) is 17.7 Å². The molecule has 1 aliphatic carbocycles. The van der Waals surface area contributed by atoms with E-state index in [1.165, 1.54) is 10.9 Å². The first-order chi connectivity index (χ1) is 10.7. The highest BCUT2D eigenvalue weighted by molar-refractivity contribution is 5.85. The minimum Gasteiger partial charge on any atom is -0.465 e. The van der Waals surface area contributed by atoms with Gasteiger partial charge < -0.3 is 4.74 Å². The summed E-state index contributed by atoms with van der Waals surface area (Å²) in [7, 11) is 0. The topological polar surface area (TPSA) is 39.2 Å². The van der Waals surface area contributed by atoms with Crippen LogP contribution in [0.3, 0.4) is 0 Å². The molecule has 0 saturated heterocycles. The maximum Gasteiger partial charge on any atom is 0.315 e. The standard InChI is InChI=1S/C19H21NO2/c1-3-14-5-6-15-13-20-17(12-16(15)11-14)7-8-19(9-10-19)18(21)22-4-2/h5-8,11-13H,3-4,9-10H2,1-2H3/b8-7+. The summed E-state index contributed by atoms with van der Waals surface area (Å²) >= 11 is 0. The van der Waals surface area contributed by atoms with Gasteiger partial charge in [-0.1, -0.05) is 31.2 Å². The molecule has 1 fully saturated rings. The smallest absolute Gasteiger partial charge is 0.315 e. The number of carbonyl (C=O) groups excluding carboxylic acids is 1. The fourth-order valence-electron chi connectivity index (χ4n) is 2.61. The van der Waals surface area contributed by atoms with Crippen LogP contribution in [0.1, 0.15) is 37.9 Å². The highest BCUT2D eigenvalue weighted by Gasteiger charge is 2.48. The Kier molecular flexibility index (Phi) is 3.97. The highest BCUT2D eigenvalue weighted by Crippen LogP contribution is 2.48. The second-order valence-electron chi connectivity index (χ2n) is 5.85. The van der Waals surface area contributed by atoms with Gasteiger partial charge in [-0.25, -0.2) is 0 Å². The van der Waals surface area contributed by atoms with E-state index in [9.17, 15) is 4.79 Å². The van der Waals surface area contributed by atoms with E-state index in [4.69, 9.17) is 4.74 Å². The number of benzene rings is 1. The van der Waals surface area contributed by atoms with E-state index >= 15 is 0 Å². The molecule has 0 amide bonds. The first-order valence-electron chi connectivity index (χ1n) is 7.92. The van der Waals surface area contributed by atoms with Crippen LogP contribution in [0.25, 0.3) is 16.8 Å². The Bertz CT molecular complexity index is 729. The third-order valence-corrected chi connectivity index (χ3v) is 4.26. The lowest BCUT2D eigenvalue weighted by Crippen LogP contribution is -2.16. The number of carbonyl (C=O) groups is 1. The second kappa shape index (κ2) is 5.91. The lowest BCUT2D eigenvalue weighted by Gasteiger charge is -2.08. The fourth-order valence-corrected chi connectivity index (χ4v) is 2.61. The summed E-state index contributed by atoms with van der Waals surface area (Å²) in [6.07, 6.45) is 8.56. The number of aryl methyl sites for hydroxylation is 1. The Morgan fingerprint density at radius 3 is 2.77 bits per heavy atom. The molecule has 114 valence electrons. The first-order valence-corrected chi connectivity index (χ1v) is 7.92. The largest absolute Gasteiger partial charge is 0.465 e. The van der Waals surface area contributed by atoms with E-state index in [0.717, 1.165) is 30.3 Å². The number of fused-ring (bicyclic) bond motifs is 1. The number of hydrogen-bond donors (Lipinski definition) is 0. The summed E-state index contributed by atoms with van der Waals surface area (Å²) in [6.45, 7) is 4.43. The Morgan fingerprint density at radius 2 is 2.09 bits per heavy atom. The van der Waals surface area contributed by atoms with Gasteiger partial charge in [-0.15, -0.1) is 0 Å². The summed E-state index contributed by atoms with van der Waals surface area (Å²) in [6, 6.07) is 8.52. The van der Waals surface area contributed by atoms with Gasteiger partial charge in [0, 0.05) is 11.6 Å². The first kappa shape index (κ1) is 14.8. The Hall–Kier alpha value is -2.16. The van der Waals surface area contributed by atoms with Crippen LogP contribution in [0, 0.1) is 5.41 Å². The minimum atomic E-state index is -0.405. The number of nitrogens with zero attached hydrogens (tertiary/aromatic N) is 1. The molecule has 0 spiro atoms. The molecule has 0 atom stereocenters. The Morgan fingerprint density at radius 1 is 1.27 bits per heavy atom. The molecule has 1 heterocycles. The number of aromatic nitrogens is 1. The summed E-state index contributed by atoms with van der Waals surface area (Å²) in [5.41, 5.74) is 1.80. The molecule has 0 bridgehead atoms. The van der Waals surface area contributed by atoms with Gasteiger partial charge in [-0.3, -0.25) is 9.78 Å². The average Bonchev–Trinajstić information content (AvgIpc) is 3.33. The normalized spacial score (nSPS) is 16.1. The third kappa shape index (κ3) is 2.89. The maximum absolute atomic E-state index is 12.0. The van der Waals surface area contributed by atoms with Crippen molar-refractivity contribution < 1.29 is 9.53 Å². The predicted octanol–water partition coefficient (Wildman–Crippen LogP) is 4.15. The van der Waals surface area contributed by atoms with Crippen molar-refractivity contribution in [1.82, 2.24) is 4.98 Å². The molecule has 0 unspecified atom stereocenters. The molecule has 1 saturated carbocycles. The molecule has 1 aromatic heterocycles. The van der Waals surface area contributed by atoms with E-state index in [1.807, 2.05) is 25.3 Å². The van der Waals surface area contributed by atoms with Gasteiger partial charge in [0.15, 0.2) is 0 Å². The van der Waals surface area contributed by atoms with Gasteiger partial charge in [0.1, 0.15) is 0 Å². The number of rotatable bonds is 5.